The molecule has 1 saturated heterocycles. The van der Waals surface area contributed by atoms with E-state index in [1.807, 2.05) is 20.8 Å². The Balaban J connectivity index is 1.54. The Hall–Kier alpha value is -2.85. The molecule has 0 radical (unpaired) electrons. The van der Waals surface area contributed by atoms with Crippen LogP contribution in [0, 0.1) is 5.92 Å². The number of carbonyl (C=O) groups is 3. The van der Waals surface area contributed by atoms with Crippen LogP contribution in [0.25, 0.3) is 0 Å². The lowest BCUT2D eigenvalue weighted by Gasteiger charge is -2.20. The Bertz CT molecular complexity index is 912. The van der Waals surface area contributed by atoms with Crippen LogP contribution in [0.5, 0.6) is 0 Å². The smallest absolute Gasteiger partial charge is 0.257 e. The fraction of sp³-hybridized carbons (Fsp3) is 0.450. The summed E-state index contributed by atoms with van der Waals surface area (Å²) in [5.41, 5.74) is 0.999. The molecule has 1 aliphatic heterocycles. The van der Waals surface area contributed by atoms with Gasteiger partial charge in [-0.2, -0.15) is 0 Å². The summed E-state index contributed by atoms with van der Waals surface area (Å²) in [4.78, 5) is 38.6. The van der Waals surface area contributed by atoms with Gasteiger partial charge in [-0.15, -0.1) is 10.2 Å². The molecule has 0 saturated carbocycles. The summed E-state index contributed by atoms with van der Waals surface area (Å²) >= 11 is 1.26. The Morgan fingerprint density at radius 2 is 1.97 bits per heavy atom. The molecule has 9 nitrogen and oxygen atoms in total. The lowest BCUT2D eigenvalue weighted by molar-refractivity contribution is -0.129. The molecule has 1 aliphatic rings. The van der Waals surface area contributed by atoms with Gasteiger partial charge in [0.1, 0.15) is 11.6 Å². The molecule has 10 heteroatoms. The van der Waals surface area contributed by atoms with Crippen LogP contribution in [0.3, 0.4) is 0 Å². The topological polar surface area (TPSA) is 114 Å². The molecule has 1 atom stereocenters. The number of rotatable bonds is 8. The van der Waals surface area contributed by atoms with E-state index in [1.165, 1.54) is 11.3 Å². The molecular formula is C20H25N5O4S. The number of aromatic nitrogens is 2. The number of likely N-dealkylation sites (tertiary alicyclic amines) is 1. The number of nitrogens with one attached hydrogen (secondary N) is 2. The molecular weight excluding hydrogens is 406 g/mol. The number of carbonyl (C=O) groups excluding carboxylic acids is 3. The van der Waals surface area contributed by atoms with Crippen molar-refractivity contribution in [3.05, 3.63) is 34.8 Å². The van der Waals surface area contributed by atoms with Gasteiger partial charge < -0.3 is 15.0 Å². The Kier molecular flexibility index (Phi) is 7.11. The second kappa shape index (κ2) is 9.77. The standard InChI is InChI=1S/C20H25N5O4S/c1-4-29-11-16-23-24-20(30-16)22-18(27)13-5-7-15(8-6-13)21-19(28)14-9-17(26)25(10-14)12(2)3/h5-8,12,14H,4,9-11H2,1-3H3,(H,21,28)(H,22,24,27). The van der Waals surface area contributed by atoms with Crippen molar-refractivity contribution < 1.29 is 19.1 Å². The molecule has 0 aliphatic carbocycles. The van der Waals surface area contributed by atoms with Crippen LogP contribution in [0.4, 0.5) is 10.8 Å². The molecule has 1 unspecified atom stereocenters. The third-order valence-corrected chi connectivity index (χ3v) is 5.50. The van der Waals surface area contributed by atoms with Gasteiger partial charge in [0.2, 0.25) is 16.9 Å². The van der Waals surface area contributed by atoms with Crippen molar-refractivity contribution in [2.24, 2.45) is 5.92 Å². The third-order valence-electron chi connectivity index (χ3n) is 4.68. The molecule has 2 N–H and O–H groups in total. The molecule has 3 amide bonds. The van der Waals surface area contributed by atoms with E-state index in [0.29, 0.717) is 41.1 Å². The number of hydrogen-bond acceptors (Lipinski definition) is 7. The van der Waals surface area contributed by atoms with Gasteiger partial charge in [0, 0.05) is 36.9 Å². The molecule has 1 aromatic carbocycles. The van der Waals surface area contributed by atoms with E-state index >= 15 is 0 Å². The van der Waals surface area contributed by atoms with Gasteiger partial charge in [-0.25, -0.2) is 0 Å². The normalized spacial score (nSPS) is 16.2. The second-order valence-corrected chi connectivity index (χ2v) is 8.26. The highest BCUT2D eigenvalue weighted by molar-refractivity contribution is 7.15. The van der Waals surface area contributed by atoms with Crippen LogP contribution in [0.1, 0.15) is 42.6 Å². The van der Waals surface area contributed by atoms with Gasteiger partial charge in [0.05, 0.1) is 5.92 Å². The second-order valence-electron chi connectivity index (χ2n) is 7.20. The lowest BCUT2D eigenvalue weighted by atomic mass is 10.1. The van der Waals surface area contributed by atoms with Crippen molar-refractivity contribution in [1.29, 1.82) is 0 Å². The summed E-state index contributed by atoms with van der Waals surface area (Å²) in [5, 5.41) is 14.5. The molecule has 2 heterocycles. The first-order valence-electron chi connectivity index (χ1n) is 9.79. The summed E-state index contributed by atoms with van der Waals surface area (Å²) < 4.78 is 5.27. The van der Waals surface area contributed by atoms with Crippen LogP contribution < -0.4 is 10.6 Å². The highest BCUT2D eigenvalue weighted by Crippen LogP contribution is 2.22. The van der Waals surface area contributed by atoms with E-state index in [1.54, 1.807) is 29.2 Å². The average Bonchev–Trinajstić information content (AvgIpc) is 3.33. The molecule has 30 heavy (non-hydrogen) atoms. The van der Waals surface area contributed by atoms with Gasteiger partial charge >= 0.3 is 0 Å². The number of hydrogen-bond donors (Lipinski definition) is 2. The highest BCUT2D eigenvalue weighted by atomic mass is 32.1. The first kappa shape index (κ1) is 21.8. The first-order valence-corrected chi connectivity index (χ1v) is 10.6. The highest BCUT2D eigenvalue weighted by Gasteiger charge is 2.35. The van der Waals surface area contributed by atoms with Gasteiger partial charge in [-0.1, -0.05) is 11.3 Å². The SMILES string of the molecule is CCOCc1nnc(NC(=O)c2ccc(NC(=O)C3CC(=O)N(C(C)C)C3)cc2)s1. The van der Waals surface area contributed by atoms with E-state index in [2.05, 4.69) is 20.8 Å². The molecule has 0 bridgehead atoms. The van der Waals surface area contributed by atoms with Crippen LogP contribution in [0.15, 0.2) is 24.3 Å². The monoisotopic (exact) mass is 431 g/mol. The zero-order chi connectivity index (χ0) is 21.7. The van der Waals surface area contributed by atoms with E-state index in [4.69, 9.17) is 4.74 Å². The van der Waals surface area contributed by atoms with Crippen molar-refractivity contribution >= 4 is 39.9 Å². The maximum atomic E-state index is 12.5. The minimum Gasteiger partial charge on any atom is -0.374 e. The summed E-state index contributed by atoms with van der Waals surface area (Å²) in [7, 11) is 0. The number of nitrogens with zero attached hydrogens (tertiary/aromatic N) is 3. The summed E-state index contributed by atoms with van der Waals surface area (Å²) in [6.07, 6.45) is 0.220. The average molecular weight is 432 g/mol. The van der Waals surface area contributed by atoms with E-state index in [-0.39, 0.29) is 36.1 Å². The van der Waals surface area contributed by atoms with E-state index in [9.17, 15) is 14.4 Å². The van der Waals surface area contributed by atoms with Crippen molar-refractivity contribution in [2.75, 3.05) is 23.8 Å². The molecule has 3 rings (SSSR count). The van der Waals surface area contributed by atoms with E-state index < -0.39 is 0 Å². The van der Waals surface area contributed by atoms with Crippen LogP contribution >= 0.6 is 11.3 Å². The maximum Gasteiger partial charge on any atom is 0.257 e. The molecule has 2 aromatic rings. The fourth-order valence-electron chi connectivity index (χ4n) is 3.08. The zero-order valence-corrected chi connectivity index (χ0v) is 18.0. The number of ether oxygens (including phenoxy) is 1. The largest absolute Gasteiger partial charge is 0.374 e. The first-order chi connectivity index (χ1) is 14.4. The number of benzene rings is 1. The molecule has 160 valence electrons. The van der Waals surface area contributed by atoms with Crippen LogP contribution in [-0.2, 0) is 20.9 Å². The van der Waals surface area contributed by atoms with Crippen LogP contribution in [-0.4, -0.2) is 52.0 Å². The Morgan fingerprint density at radius 1 is 1.23 bits per heavy atom. The van der Waals surface area contributed by atoms with Crippen molar-refractivity contribution in [2.45, 2.75) is 39.8 Å². The van der Waals surface area contributed by atoms with Crippen molar-refractivity contribution in [1.82, 2.24) is 15.1 Å². The summed E-state index contributed by atoms with van der Waals surface area (Å²) in [6, 6.07) is 6.63. The van der Waals surface area contributed by atoms with Gasteiger partial charge in [0.25, 0.3) is 5.91 Å². The van der Waals surface area contributed by atoms with Gasteiger partial charge in [0.15, 0.2) is 0 Å². The Labute approximate surface area is 178 Å². The molecule has 1 aromatic heterocycles. The number of anilines is 2. The van der Waals surface area contributed by atoms with Crippen LogP contribution in [0.2, 0.25) is 0 Å². The maximum absolute atomic E-state index is 12.5. The summed E-state index contributed by atoms with van der Waals surface area (Å²) in [6.45, 7) is 7.13. The third kappa shape index (κ3) is 5.39. The zero-order valence-electron chi connectivity index (χ0n) is 17.2. The molecule has 0 spiro atoms. The number of amides is 3. The minimum absolute atomic E-state index is 0.00161. The quantitative estimate of drug-likeness (QED) is 0.664. The van der Waals surface area contributed by atoms with Gasteiger partial charge in [-0.3, -0.25) is 19.7 Å². The minimum atomic E-state index is -0.369. The Morgan fingerprint density at radius 3 is 2.60 bits per heavy atom. The van der Waals surface area contributed by atoms with Crippen molar-refractivity contribution in [3.8, 4) is 0 Å². The van der Waals surface area contributed by atoms with E-state index in [0.717, 1.165) is 0 Å². The van der Waals surface area contributed by atoms with Crippen molar-refractivity contribution in [3.63, 3.8) is 0 Å². The molecule has 1 fully saturated rings. The summed E-state index contributed by atoms with van der Waals surface area (Å²) in [5.74, 6) is -0.884. The lowest BCUT2D eigenvalue weighted by Crippen LogP contribution is -2.33. The van der Waals surface area contributed by atoms with Gasteiger partial charge in [-0.05, 0) is 45.0 Å². The predicted octanol–water partition coefficient (Wildman–Crippen LogP) is 2.52. The predicted molar refractivity (Wildman–Crippen MR) is 113 cm³/mol. The fourth-order valence-corrected chi connectivity index (χ4v) is 3.75.